The lowest BCUT2D eigenvalue weighted by Gasteiger charge is -2.10. The van der Waals surface area contributed by atoms with E-state index in [1.54, 1.807) is 0 Å². The molecule has 0 aliphatic rings. The van der Waals surface area contributed by atoms with Crippen molar-refractivity contribution < 1.29 is 17.2 Å². The molecule has 0 atom stereocenters. The zero-order valence-electron chi connectivity index (χ0n) is 9.90. The third kappa shape index (κ3) is 3.07. The van der Waals surface area contributed by atoms with Gasteiger partial charge < -0.3 is 5.73 Å². The lowest BCUT2D eigenvalue weighted by molar-refractivity contribution is 0.594. The fourth-order valence-corrected chi connectivity index (χ4v) is 3.67. The van der Waals surface area contributed by atoms with Crippen LogP contribution in [-0.2, 0) is 10.0 Å². The zero-order chi connectivity index (χ0) is 14.9. The summed E-state index contributed by atoms with van der Waals surface area (Å²) in [4.78, 5) is -0.129. The van der Waals surface area contributed by atoms with Crippen LogP contribution in [-0.4, -0.2) is 8.42 Å². The van der Waals surface area contributed by atoms with Gasteiger partial charge in [0, 0.05) is 16.2 Å². The van der Waals surface area contributed by atoms with Crippen LogP contribution >= 0.6 is 15.9 Å². The first-order chi connectivity index (χ1) is 9.29. The van der Waals surface area contributed by atoms with E-state index in [2.05, 4.69) is 15.9 Å². The Morgan fingerprint density at radius 3 is 2.45 bits per heavy atom. The highest BCUT2D eigenvalue weighted by atomic mass is 79.9. The molecule has 2 rings (SSSR count). The van der Waals surface area contributed by atoms with Crippen LogP contribution in [0.1, 0.15) is 0 Å². The fourth-order valence-electron chi connectivity index (χ4n) is 1.51. The molecule has 4 nitrogen and oxygen atoms in total. The smallest absolute Gasteiger partial charge is 0.263 e. The lowest BCUT2D eigenvalue weighted by Crippen LogP contribution is -2.15. The molecular weight excluding hydrogens is 354 g/mol. The molecular formula is C12H9BrF2N2O2S. The maximum absolute atomic E-state index is 13.5. The number of sulfonamides is 1. The Hall–Kier alpha value is -1.67. The zero-order valence-corrected chi connectivity index (χ0v) is 12.3. The number of benzene rings is 2. The van der Waals surface area contributed by atoms with Crippen LogP contribution in [0.15, 0.2) is 45.8 Å². The predicted octanol–water partition coefficient (Wildman–Crippen LogP) is 3.11. The molecule has 0 saturated carbocycles. The Kier molecular flexibility index (Phi) is 3.96. The van der Waals surface area contributed by atoms with Gasteiger partial charge in [0.15, 0.2) is 0 Å². The van der Waals surface area contributed by atoms with E-state index in [0.29, 0.717) is 5.69 Å². The van der Waals surface area contributed by atoms with E-state index in [-0.39, 0.29) is 9.37 Å². The Labute approximate surface area is 122 Å². The highest BCUT2D eigenvalue weighted by Crippen LogP contribution is 2.27. The first-order valence-corrected chi connectivity index (χ1v) is 7.60. The molecule has 0 aliphatic heterocycles. The Morgan fingerprint density at radius 2 is 1.80 bits per heavy atom. The molecule has 0 bridgehead atoms. The Balaban J connectivity index is 2.43. The first-order valence-electron chi connectivity index (χ1n) is 5.32. The summed E-state index contributed by atoms with van der Waals surface area (Å²) in [5, 5.41) is 0. The average molecular weight is 363 g/mol. The van der Waals surface area contributed by atoms with E-state index in [0.717, 1.165) is 18.2 Å². The summed E-state index contributed by atoms with van der Waals surface area (Å²) in [6, 6.07) is 6.55. The quantitative estimate of drug-likeness (QED) is 0.824. The maximum Gasteiger partial charge on any atom is 0.263 e. The van der Waals surface area contributed by atoms with Crippen molar-refractivity contribution in [2.24, 2.45) is 0 Å². The maximum atomic E-state index is 13.5. The van der Waals surface area contributed by atoms with Gasteiger partial charge >= 0.3 is 0 Å². The van der Waals surface area contributed by atoms with Crippen molar-refractivity contribution in [2.75, 3.05) is 10.5 Å². The number of nitrogens with two attached hydrogens (primary N) is 1. The van der Waals surface area contributed by atoms with Gasteiger partial charge in [-0.2, -0.15) is 0 Å². The number of halogens is 3. The number of anilines is 2. The highest BCUT2D eigenvalue weighted by molar-refractivity contribution is 9.10. The van der Waals surface area contributed by atoms with Crippen LogP contribution < -0.4 is 10.5 Å². The summed E-state index contributed by atoms with van der Waals surface area (Å²) in [6.45, 7) is 0. The fraction of sp³-hybridized carbons (Fsp3) is 0. The number of nitrogens with one attached hydrogen (secondary N) is 1. The minimum atomic E-state index is -4.06. The van der Waals surface area contributed by atoms with Crippen molar-refractivity contribution in [3.8, 4) is 0 Å². The Morgan fingerprint density at radius 1 is 1.10 bits per heavy atom. The summed E-state index contributed by atoms with van der Waals surface area (Å²) in [7, 11) is -4.06. The van der Waals surface area contributed by atoms with Crippen molar-refractivity contribution in [1.82, 2.24) is 0 Å². The second-order valence-electron chi connectivity index (χ2n) is 3.92. The van der Waals surface area contributed by atoms with E-state index in [1.807, 2.05) is 4.72 Å². The normalized spacial score (nSPS) is 11.3. The van der Waals surface area contributed by atoms with Crippen molar-refractivity contribution in [3.05, 3.63) is 52.5 Å². The van der Waals surface area contributed by atoms with Crippen LogP contribution in [0.3, 0.4) is 0 Å². The summed E-state index contributed by atoms with van der Waals surface area (Å²) in [5.74, 6) is -1.62. The van der Waals surface area contributed by atoms with Gasteiger partial charge in [-0.15, -0.1) is 0 Å². The standard InChI is InChI=1S/C12H9BrF2N2O2S/c13-9-6-8(16)2-4-12(9)20(18,19)17-11-5-7(14)1-3-10(11)15/h1-6,17H,16H2. The Bertz CT molecular complexity index is 766. The minimum Gasteiger partial charge on any atom is -0.399 e. The van der Waals surface area contributed by atoms with E-state index in [1.165, 1.54) is 18.2 Å². The van der Waals surface area contributed by atoms with Crippen molar-refractivity contribution in [1.29, 1.82) is 0 Å². The van der Waals surface area contributed by atoms with Crippen molar-refractivity contribution in [3.63, 3.8) is 0 Å². The first kappa shape index (κ1) is 14.7. The molecule has 2 aromatic rings. The molecule has 0 aromatic heterocycles. The number of nitrogen functional groups attached to an aromatic ring is 1. The van der Waals surface area contributed by atoms with E-state index >= 15 is 0 Å². The van der Waals surface area contributed by atoms with Gasteiger partial charge in [0.1, 0.15) is 16.5 Å². The van der Waals surface area contributed by atoms with Crippen LogP contribution in [0, 0.1) is 11.6 Å². The number of rotatable bonds is 3. The van der Waals surface area contributed by atoms with Crippen LogP contribution in [0.4, 0.5) is 20.2 Å². The van der Waals surface area contributed by atoms with Gasteiger partial charge in [0.25, 0.3) is 10.0 Å². The second kappa shape index (κ2) is 5.37. The van der Waals surface area contributed by atoms with Crippen molar-refractivity contribution >= 4 is 37.3 Å². The van der Waals surface area contributed by atoms with Crippen LogP contribution in [0.25, 0.3) is 0 Å². The van der Waals surface area contributed by atoms with Gasteiger partial charge in [-0.1, -0.05) is 0 Å². The molecule has 0 fully saturated rings. The average Bonchev–Trinajstić information content (AvgIpc) is 2.33. The van der Waals surface area contributed by atoms with Crippen molar-refractivity contribution in [2.45, 2.75) is 4.90 Å². The van der Waals surface area contributed by atoms with Gasteiger partial charge in [0.2, 0.25) is 0 Å². The molecule has 0 amide bonds. The molecule has 8 heteroatoms. The molecule has 2 aromatic carbocycles. The van der Waals surface area contributed by atoms with Gasteiger partial charge in [0.05, 0.1) is 5.69 Å². The number of hydrogen-bond acceptors (Lipinski definition) is 3. The van der Waals surface area contributed by atoms with Gasteiger partial charge in [-0.25, -0.2) is 17.2 Å². The second-order valence-corrected chi connectivity index (χ2v) is 6.42. The largest absolute Gasteiger partial charge is 0.399 e. The van der Waals surface area contributed by atoms with E-state index in [4.69, 9.17) is 5.73 Å². The third-order valence-electron chi connectivity index (χ3n) is 2.42. The molecule has 0 aliphatic carbocycles. The number of hydrogen-bond donors (Lipinski definition) is 2. The summed E-state index contributed by atoms with van der Waals surface area (Å²) in [6.07, 6.45) is 0. The van der Waals surface area contributed by atoms with Crippen LogP contribution in [0.2, 0.25) is 0 Å². The molecule has 0 spiro atoms. The highest BCUT2D eigenvalue weighted by Gasteiger charge is 2.19. The monoisotopic (exact) mass is 362 g/mol. The minimum absolute atomic E-state index is 0.129. The molecule has 0 radical (unpaired) electrons. The van der Waals surface area contributed by atoms with Gasteiger partial charge in [-0.3, -0.25) is 4.72 Å². The molecule has 3 N–H and O–H groups in total. The summed E-state index contributed by atoms with van der Waals surface area (Å²) in [5.41, 5.74) is 5.42. The van der Waals surface area contributed by atoms with E-state index < -0.39 is 27.3 Å². The molecule has 0 heterocycles. The lowest BCUT2D eigenvalue weighted by atomic mass is 10.3. The third-order valence-corrected chi connectivity index (χ3v) is 4.76. The SMILES string of the molecule is Nc1ccc(S(=O)(=O)Nc2cc(F)ccc2F)c(Br)c1. The molecule has 20 heavy (non-hydrogen) atoms. The molecule has 0 saturated heterocycles. The summed E-state index contributed by atoms with van der Waals surface area (Å²) < 4.78 is 53.0. The summed E-state index contributed by atoms with van der Waals surface area (Å²) >= 11 is 3.06. The molecule has 106 valence electrons. The molecule has 0 unspecified atom stereocenters. The van der Waals surface area contributed by atoms with Gasteiger partial charge in [-0.05, 0) is 46.3 Å². The van der Waals surface area contributed by atoms with E-state index in [9.17, 15) is 17.2 Å². The topological polar surface area (TPSA) is 72.2 Å². The predicted molar refractivity (Wildman–Crippen MR) is 75.7 cm³/mol. The van der Waals surface area contributed by atoms with Crippen LogP contribution in [0.5, 0.6) is 0 Å².